The van der Waals surface area contributed by atoms with Crippen LogP contribution >= 0.6 is 0 Å². The monoisotopic (exact) mass is 218 g/mol. The fourth-order valence-corrected chi connectivity index (χ4v) is 1.62. The normalized spacial score (nSPS) is 10.4. The van der Waals surface area contributed by atoms with E-state index in [2.05, 4.69) is 10.3 Å². The molecule has 84 valence electrons. The summed E-state index contributed by atoms with van der Waals surface area (Å²) in [6.07, 6.45) is 4.52. The minimum absolute atomic E-state index is 0.137. The standard InChI is InChI=1S/C13H15FN2/c1-2-11-3-4-12(7-13(11)14)16-9-10-5-6-15-8-10/h3-8,15-16H,2,9H2,1H3. The number of aromatic nitrogens is 1. The van der Waals surface area contributed by atoms with Gasteiger partial charge >= 0.3 is 0 Å². The maximum atomic E-state index is 13.5. The summed E-state index contributed by atoms with van der Waals surface area (Å²) in [7, 11) is 0. The van der Waals surface area contributed by atoms with Crippen molar-refractivity contribution in [2.45, 2.75) is 19.9 Å². The van der Waals surface area contributed by atoms with Crippen molar-refractivity contribution >= 4 is 5.69 Å². The van der Waals surface area contributed by atoms with Gasteiger partial charge in [0.2, 0.25) is 0 Å². The van der Waals surface area contributed by atoms with Gasteiger partial charge in [-0.1, -0.05) is 13.0 Å². The molecule has 0 aliphatic rings. The van der Waals surface area contributed by atoms with Crippen molar-refractivity contribution in [3.8, 4) is 0 Å². The highest BCUT2D eigenvalue weighted by molar-refractivity contribution is 5.45. The first-order valence-electron chi connectivity index (χ1n) is 5.43. The molecule has 0 saturated heterocycles. The molecule has 2 rings (SSSR count). The van der Waals surface area contributed by atoms with Crippen molar-refractivity contribution in [1.29, 1.82) is 0 Å². The first-order chi connectivity index (χ1) is 7.79. The van der Waals surface area contributed by atoms with E-state index in [9.17, 15) is 4.39 Å². The van der Waals surface area contributed by atoms with Gasteiger partial charge in [-0.25, -0.2) is 4.39 Å². The second-order valence-electron chi connectivity index (χ2n) is 3.73. The van der Waals surface area contributed by atoms with Crippen LogP contribution in [-0.2, 0) is 13.0 Å². The third kappa shape index (κ3) is 2.42. The maximum absolute atomic E-state index is 13.5. The molecule has 0 amide bonds. The van der Waals surface area contributed by atoms with E-state index in [4.69, 9.17) is 0 Å². The molecular weight excluding hydrogens is 203 g/mol. The topological polar surface area (TPSA) is 27.8 Å². The molecule has 0 aliphatic carbocycles. The number of aromatic amines is 1. The summed E-state index contributed by atoms with van der Waals surface area (Å²) < 4.78 is 13.5. The summed E-state index contributed by atoms with van der Waals surface area (Å²) >= 11 is 0. The smallest absolute Gasteiger partial charge is 0.128 e. The number of halogens is 1. The molecule has 0 radical (unpaired) electrons. The number of hydrogen-bond donors (Lipinski definition) is 2. The Bertz CT molecular complexity index is 449. The van der Waals surface area contributed by atoms with E-state index < -0.39 is 0 Å². The second kappa shape index (κ2) is 4.84. The summed E-state index contributed by atoms with van der Waals surface area (Å²) in [6.45, 7) is 2.65. The summed E-state index contributed by atoms with van der Waals surface area (Å²) in [5, 5.41) is 3.18. The van der Waals surface area contributed by atoms with Crippen LogP contribution in [0.15, 0.2) is 36.7 Å². The van der Waals surface area contributed by atoms with Gasteiger partial charge in [-0.2, -0.15) is 0 Å². The van der Waals surface area contributed by atoms with Gasteiger partial charge in [0.05, 0.1) is 0 Å². The zero-order chi connectivity index (χ0) is 11.4. The molecule has 1 heterocycles. The Morgan fingerprint density at radius 1 is 1.31 bits per heavy atom. The highest BCUT2D eigenvalue weighted by Crippen LogP contribution is 2.15. The largest absolute Gasteiger partial charge is 0.381 e. The van der Waals surface area contributed by atoms with Gasteiger partial charge in [0, 0.05) is 24.6 Å². The Hall–Kier alpha value is -1.77. The van der Waals surface area contributed by atoms with Crippen LogP contribution in [0.25, 0.3) is 0 Å². The van der Waals surface area contributed by atoms with E-state index >= 15 is 0 Å². The number of anilines is 1. The van der Waals surface area contributed by atoms with Gasteiger partial charge < -0.3 is 10.3 Å². The van der Waals surface area contributed by atoms with E-state index in [1.165, 1.54) is 0 Å². The Morgan fingerprint density at radius 3 is 2.81 bits per heavy atom. The van der Waals surface area contributed by atoms with Gasteiger partial charge in [0.1, 0.15) is 5.82 Å². The average molecular weight is 218 g/mol. The van der Waals surface area contributed by atoms with E-state index in [0.29, 0.717) is 6.54 Å². The van der Waals surface area contributed by atoms with Gasteiger partial charge in [-0.05, 0) is 35.7 Å². The van der Waals surface area contributed by atoms with Crippen molar-refractivity contribution in [2.75, 3.05) is 5.32 Å². The zero-order valence-corrected chi connectivity index (χ0v) is 9.26. The molecule has 0 aliphatic heterocycles. The van der Waals surface area contributed by atoms with Crippen molar-refractivity contribution in [1.82, 2.24) is 4.98 Å². The Labute approximate surface area is 94.5 Å². The Kier molecular flexibility index (Phi) is 3.25. The minimum Gasteiger partial charge on any atom is -0.381 e. The molecule has 0 atom stereocenters. The molecular formula is C13H15FN2. The molecule has 1 aromatic carbocycles. The highest BCUT2D eigenvalue weighted by atomic mass is 19.1. The lowest BCUT2D eigenvalue weighted by Crippen LogP contribution is -1.99. The number of H-pyrrole nitrogens is 1. The molecule has 0 fully saturated rings. The molecule has 2 aromatic rings. The van der Waals surface area contributed by atoms with Gasteiger partial charge in [-0.15, -0.1) is 0 Å². The summed E-state index contributed by atoms with van der Waals surface area (Å²) in [6, 6.07) is 7.28. The molecule has 0 saturated carbocycles. The molecule has 2 N–H and O–H groups in total. The highest BCUT2D eigenvalue weighted by Gasteiger charge is 2.01. The Balaban J connectivity index is 2.02. The first kappa shape index (κ1) is 10.7. The second-order valence-corrected chi connectivity index (χ2v) is 3.73. The van der Waals surface area contributed by atoms with Crippen LogP contribution in [0.4, 0.5) is 10.1 Å². The lowest BCUT2D eigenvalue weighted by atomic mass is 10.1. The van der Waals surface area contributed by atoms with Crippen LogP contribution < -0.4 is 5.32 Å². The van der Waals surface area contributed by atoms with Crippen LogP contribution in [0.2, 0.25) is 0 Å². The van der Waals surface area contributed by atoms with Gasteiger partial charge in [-0.3, -0.25) is 0 Å². The zero-order valence-electron chi connectivity index (χ0n) is 9.26. The molecule has 2 nitrogen and oxygen atoms in total. The SMILES string of the molecule is CCc1ccc(NCc2cc[nH]c2)cc1F. The quantitative estimate of drug-likeness (QED) is 0.809. The number of hydrogen-bond acceptors (Lipinski definition) is 1. The summed E-state index contributed by atoms with van der Waals surface area (Å²) in [5.74, 6) is -0.137. The number of benzene rings is 1. The lowest BCUT2D eigenvalue weighted by molar-refractivity contribution is 0.612. The predicted molar refractivity (Wildman–Crippen MR) is 63.9 cm³/mol. The van der Waals surface area contributed by atoms with Crippen molar-refractivity contribution in [2.24, 2.45) is 0 Å². The van der Waals surface area contributed by atoms with Gasteiger partial charge in [0.15, 0.2) is 0 Å². The number of aryl methyl sites for hydroxylation is 1. The van der Waals surface area contributed by atoms with E-state index in [1.807, 2.05) is 37.5 Å². The predicted octanol–water partition coefficient (Wildman–Crippen LogP) is 3.33. The van der Waals surface area contributed by atoms with Crippen molar-refractivity contribution < 1.29 is 4.39 Å². The number of rotatable bonds is 4. The van der Waals surface area contributed by atoms with Crippen LogP contribution in [0.3, 0.4) is 0 Å². The van der Waals surface area contributed by atoms with Crippen molar-refractivity contribution in [3.05, 3.63) is 53.6 Å². The minimum atomic E-state index is -0.137. The van der Waals surface area contributed by atoms with Crippen LogP contribution in [-0.4, -0.2) is 4.98 Å². The van der Waals surface area contributed by atoms with E-state index in [-0.39, 0.29) is 5.82 Å². The van der Waals surface area contributed by atoms with Gasteiger partial charge in [0.25, 0.3) is 0 Å². The van der Waals surface area contributed by atoms with E-state index in [1.54, 1.807) is 6.07 Å². The fourth-order valence-electron chi connectivity index (χ4n) is 1.62. The van der Waals surface area contributed by atoms with E-state index in [0.717, 1.165) is 23.2 Å². The average Bonchev–Trinajstić information content (AvgIpc) is 2.79. The molecule has 0 spiro atoms. The third-order valence-electron chi connectivity index (χ3n) is 2.59. The maximum Gasteiger partial charge on any atom is 0.128 e. The third-order valence-corrected chi connectivity index (χ3v) is 2.59. The molecule has 0 bridgehead atoms. The van der Waals surface area contributed by atoms with Crippen LogP contribution in [0.1, 0.15) is 18.1 Å². The molecule has 0 unspecified atom stereocenters. The van der Waals surface area contributed by atoms with Crippen molar-refractivity contribution in [3.63, 3.8) is 0 Å². The summed E-state index contributed by atoms with van der Waals surface area (Å²) in [4.78, 5) is 2.98. The Morgan fingerprint density at radius 2 is 2.19 bits per heavy atom. The number of nitrogens with one attached hydrogen (secondary N) is 2. The lowest BCUT2D eigenvalue weighted by Gasteiger charge is -2.07. The van der Waals surface area contributed by atoms with Crippen LogP contribution in [0, 0.1) is 5.82 Å². The molecule has 3 heteroatoms. The summed E-state index contributed by atoms with van der Waals surface area (Å²) in [5.41, 5.74) is 2.73. The van der Waals surface area contributed by atoms with Crippen LogP contribution in [0.5, 0.6) is 0 Å². The molecule has 1 aromatic heterocycles. The molecule has 16 heavy (non-hydrogen) atoms. The fraction of sp³-hybridized carbons (Fsp3) is 0.231. The first-order valence-corrected chi connectivity index (χ1v) is 5.43.